The fraction of sp³-hybridized carbons (Fsp3) is 0.600. The molecule has 1 aromatic rings. The minimum atomic E-state index is -0.162. The van der Waals surface area contributed by atoms with E-state index in [9.17, 15) is 4.39 Å². The van der Waals surface area contributed by atoms with Gasteiger partial charge >= 0.3 is 0 Å². The number of nitrogens with zero attached hydrogens (tertiary/aromatic N) is 1. The van der Waals surface area contributed by atoms with Gasteiger partial charge in [0.15, 0.2) is 0 Å². The van der Waals surface area contributed by atoms with Crippen molar-refractivity contribution < 1.29 is 4.39 Å². The predicted molar refractivity (Wildman–Crippen MR) is 72.6 cm³/mol. The van der Waals surface area contributed by atoms with Crippen molar-refractivity contribution in [3.05, 3.63) is 35.1 Å². The van der Waals surface area contributed by atoms with Gasteiger partial charge in [0, 0.05) is 19.6 Å². The lowest BCUT2D eigenvalue weighted by Gasteiger charge is -2.23. The molecule has 2 rings (SSSR count). The summed E-state index contributed by atoms with van der Waals surface area (Å²) in [5, 5.41) is 0. The molecule has 1 aliphatic rings. The minimum Gasteiger partial charge on any atom is -0.326 e. The van der Waals surface area contributed by atoms with Gasteiger partial charge in [-0.15, -0.1) is 0 Å². The lowest BCUT2D eigenvalue weighted by atomic mass is 10.1. The molecule has 1 saturated carbocycles. The maximum absolute atomic E-state index is 13.3. The summed E-state index contributed by atoms with van der Waals surface area (Å²) in [6, 6.07) is 4.94. The third-order valence-corrected chi connectivity index (χ3v) is 3.54. The van der Waals surface area contributed by atoms with E-state index in [-0.39, 0.29) is 5.82 Å². The topological polar surface area (TPSA) is 29.3 Å². The normalized spacial score (nSPS) is 15.3. The number of benzene rings is 1. The number of hydrogen-bond acceptors (Lipinski definition) is 2. The van der Waals surface area contributed by atoms with Gasteiger partial charge in [0.25, 0.3) is 0 Å². The second kappa shape index (κ2) is 6.30. The van der Waals surface area contributed by atoms with Gasteiger partial charge in [0.05, 0.1) is 0 Å². The van der Waals surface area contributed by atoms with E-state index >= 15 is 0 Å². The van der Waals surface area contributed by atoms with Gasteiger partial charge in [0.2, 0.25) is 0 Å². The zero-order chi connectivity index (χ0) is 13.0. The Balaban J connectivity index is 2.05. The van der Waals surface area contributed by atoms with Crippen molar-refractivity contribution in [3.8, 4) is 0 Å². The second-order valence-electron chi connectivity index (χ2n) is 5.30. The Labute approximate surface area is 109 Å². The van der Waals surface area contributed by atoms with Crippen molar-refractivity contribution in [2.24, 2.45) is 11.7 Å². The van der Waals surface area contributed by atoms with Crippen LogP contribution in [-0.4, -0.2) is 18.0 Å². The molecule has 0 heterocycles. The quantitative estimate of drug-likeness (QED) is 0.806. The molecule has 1 aromatic carbocycles. The first kappa shape index (κ1) is 13.5. The molecule has 0 bridgehead atoms. The molecule has 0 spiro atoms. The van der Waals surface area contributed by atoms with Crippen LogP contribution >= 0.6 is 0 Å². The van der Waals surface area contributed by atoms with Crippen LogP contribution in [0.15, 0.2) is 18.2 Å². The Kier molecular flexibility index (Phi) is 4.72. The summed E-state index contributed by atoms with van der Waals surface area (Å²) in [7, 11) is 0. The summed E-state index contributed by atoms with van der Waals surface area (Å²) in [5.41, 5.74) is 7.83. The van der Waals surface area contributed by atoms with Crippen molar-refractivity contribution in [1.82, 2.24) is 4.90 Å². The highest BCUT2D eigenvalue weighted by atomic mass is 19.1. The molecular formula is C15H23FN2. The van der Waals surface area contributed by atoms with E-state index in [2.05, 4.69) is 11.8 Å². The van der Waals surface area contributed by atoms with Crippen LogP contribution in [0.3, 0.4) is 0 Å². The average molecular weight is 250 g/mol. The van der Waals surface area contributed by atoms with Crippen LogP contribution in [0, 0.1) is 11.7 Å². The highest BCUT2D eigenvalue weighted by Gasteiger charge is 2.24. The molecule has 0 saturated heterocycles. The Bertz CT molecular complexity index is 388. The molecule has 18 heavy (non-hydrogen) atoms. The van der Waals surface area contributed by atoms with Crippen LogP contribution in [-0.2, 0) is 13.1 Å². The molecule has 0 aliphatic heterocycles. The third kappa shape index (κ3) is 3.79. The molecule has 1 aliphatic carbocycles. The molecular weight excluding hydrogens is 227 g/mol. The second-order valence-corrected chi connectivity index (χ2v) is 5.30. The molecule has 0 atom stereocenters. The molecule has 0 radical (unpaired) electrons. The van der Waals surface area contributed by atoms with Crippen molar-refractivity contribution in [1.29, 1.82) is 0 Å². The van der Waals surface area contributed by atoms with Crippen LogP contribution in [0.25, 0.3) is 0 Å². The van der Waals surface area contributed by atoms with Gasteiger partial charge in [-0.25, -0.2) is 4.39 Å². The van der Waals surface area contributed by atoms with Gasteiger partial charge in [0.1, 0.15) is 5.82 Å². The van der Waals surface area contributed by atoms with Crippen molar-refractivity contribution in [2.45, 2.75) is 39.3 Å². The largest absolute Gasteiger partial charge is 0.326 e. The molecule has 100 valence electrons. The molecule has 2 nitrogen and oxygen atoms in total. The van der Waals surface area contributed by atoms with E-state index in [0.717, 1.165) is 43.1 Å². The first-order valence-corrected chi connectivity index (χ1v) is 6.92. The molecule has 0 amide bonds. The Hall–Kier alpha value is -0.930. The van der Waals surface area contributed by atoms with Crippen LogP contribution in [0.2, 0.25) is 0 Å². The summed E-state index contributed by atoms with van der Waals surface area (Å²) in [4.78, 5) is 2.44. The number of nitrogens with two attached hydrogens (primary N) is 1. The monoisotopic (exact) mass is 250 g/mol. The van der Waals surface area contributed by atoms with Crippen LogP contribution in [0.5, 0.6) is 0 Å². The van der Waals surface area contributed by atoms with E-state index in [1.54, 1.807) is 6.07 Å². The standard InChI is InChI=1S/C15H23FN2/c1-2-7-18(10-12-3-4-12)11-14-8-15(16)6-5-13(14)9-17/h5-6,8,12H,2-4,7,9-11,17H2,1H3. The smallest absolute Gasteiger partial charge is 0.123 e. The lowest BCUT2D eigenvalue weighted by molar-refractivity contribution is 0.254. The van der Waals surface area contributed by atoms with E-state index in [1.165, 1.54) is 18.9 Å². The van der Waals surface area contributed by atoms with Gasteiger partial charge < -0.3 is 5.73 Å². The average Bonchev–Trinajstić information content (AvgIpc) is 3.13. The third-order valence-electron chi connectivity index (χ3n) is 3.54. The summed E-state index contributed by atoms with van der Waals surface area (Å²) in [6.45, 7) is 5.73. The highest BCUT2D eigenvalue weighted by molar-refractivity contribution is 5.27. The highest BCUT2D eigenvalue weighted by Crippen LogP contribution is 2.30. The minimum absolute atomic E-state index is 0.162. The predicted octanol–water partition coefficient (Wildman–Crippen LogP) is 2.91. The van der Waals surface area contributed by atoms with Crippen molar-refractivity contribution in [2.75, 3.05) is 13.1 Å². The molecule has 0 unspecified atom stereocenters. The maximum Gasteiger partial charge on any atom is 0.123 e. The Morgan fingerprint density at radius 1 is 1.33 bits per heavy atom. The van der Waals surface area contributed by atoms with Gasteiger partial charge in [-0.2, -0.15) is 0 Å². The van der Waals surface area contributed by atoms with Crippen LogP contribution in [0.1, 0.15) is 37.3 Å². The maximum atomic E-state index is 13.3. The molecule has 2 N–H and O–H groups in total. The lowest BCUT2D eigenvalue weighted by Crippen LogP contribution is -2.27. The summed E-state index contributed by atoms with van der Waals surface area (Å²) < 4.78 is 13.3. The zero-order valence-corrected chi connectivity index (χ0v) is 11.2. The Morgan fingerprint density at radius 2 is 2.11 bits per heavy atom. The molecule has 3 heteroatoms. The molecule has 1 fully saturated rings. The van der Waals surface area contributed by atoms with Crippen molar-refractivity contribution in [3.63, 3.8) is 0 Å². The Morgan fingerprint density at radius 3 is 2.72 bits per heavy atom. The van der Waals surface area contributed by atoms with E-state index in [4.69, 9.17) is 5.73 Å². The first-order chi connectivity index (χ1) is 8.72. The van der Waals surface area contributed by atoms with E-state index in [0.29, 0.717) is 6.54 Å². The van der Waals surface area contributed by atoms with E-state index < -0.39 is 0 Å². The van der Waals surface area contributed by atoms with Gasteiger partial charge in [-0.05, 0) is 55.0 Å². The van der Waals surface area contributed by atoms with E-state index in [1.807, 2.05) is 6.07 Å². The molecule has 0 aromatic heterocycles. The van der Waals surface area contributed by atoms with Crippen LogP contribution in [0.4, 0.5) is 4.39 Å². The van der Waals surface area contributed by atoms with Gasteiger partial charge in [-0.1, -0.05) is 13.0 Å². The van der Waals surface area contributed by atoms with Gasteiger partial charge in [-0.3, -0.25) is 4.90 Å². The summed E-state index contributed by atoms with van der Waals surface area (Å²) in [5.74, 6) is 0.705. The fourth-order valence-electron chi connectivity index (χ4n) is 2.40. The number of halogens is 1. The zero-order valence-electron chi connectivity index (χ0n) is 11.2. The first-order valence-electron chi connectivity index (χ1n) is 6.92. The summed E-state index contributed by atoms with van der Waals surface area (Å²) >= 11 is 0. The number of hydrogen-bond donors (Lipinski definition) is 1. The fourth-order valence-corrected chi connectivity index (χ4v) is 2.40. The summed E-state index contributed by atoms with van der Waals surface area (Å²) in [6.07, 6.45) is 3.85. The van der Waals surface area contributed by atoms with Crippen LogP contribution < -0.4 is 5.73 Å². The number of rotatable bonds is 7. The SMILES string of the molecule is CCCN(Cc1cc(F)ccc1CN)CC1CC1. The van der Waals surface area contributed by atoms with Crippen molar-refractivity contribution >= 4 is 0 Å².